The van der Waals surface area contributed by atoms with E-state index in [-0.39, 0.29) is 6.10 Å². The van der Waals surface area contributed by atoms with Crippen molar-refractivity contribution in [3.63, 3.8) is 0 Å². The van der Waals surface area contributed by atoms with Crippen molar-refractivity contribution < 1.29 is 4.74 Å². The predicted octanol–water partition coefficient (Wildman–Crippen LogP) is 4.46. The van der Waals surface area contributed by atoms with Crippen molar-refractivity contribution >= 4 is 10.9 Å². The van der Waals surface area contributed by atoms with Crippen molar-refractivity contribution in [1.29, 1.82) is 0 Å². The van der Waals surface area contributed by atoms with Crippen molar-refractivity contribution in [2.75, 3.05) is 0 Å². The largest absolute Gasteiger partial charge is 0.474 e. The normalized spacial score (nSPS) is 11.3. The third kappa shape index (κ3) is 3.30. The Labute approximate surface area is 173 Å². The molecule has 7 heteroatoms. The van der Waals surface area contributed by atoms with Gasteiger partial charge in [0, 0.05) is 29.5 Å². The van der Waals surface area contributed by atoms with Gasteiger partial charge >= 0.3 is 0 Å². The van der Waals surface area contributed by atoms with E-state index in [4.69, 9.17) is 9.72 Å². The first-order valence-electron chi connectivity index (χ1n) is 9.75. The Morgan fingerprint density at radius 1 is 0.900 bits per heavy atom. The molecule has 5 rings (SSSR count). The fourth-order valence-electron chi connectivity index (χ4n) is 3.43. The number of fused-ring (bicyclic) bond motifs is 1. The van der Waals surface area contributed by atoms with Crippen LogP contribution in [0.4, 0.5) is 0 Å². The third-order valence-corrected chi connectivity index (χ3v) is 4.66. The molecule has 0 aliphatic carbocycles. The van der Waals surface area contributed by atoms with Gasteiger partial charge in [0.05, 0.1) is 29.7 Å². The molecule has 30 heavy (non-hydrogen) atoms. The van der Waals surface area contributed by atoms with E-state index in [1.54, 1.807) is 23.3 Å². The molecular formula is C23H20N6O. The second-order valence-corrected chi connectivity index (χ2v) is 7.14. The van der Waals surface area contributed by atoms with Crippen molar-refractivity contribution in [3.05, 3.63) is 79.5 Å². The lowest BCUT2D eigenvalue weighted by Crippen LogP contribution is -2.08. The third-order valence-electron chi connectivity index (χ3n) is 4.66. The summed E-state index contributed by atoms with van der Waals surface area (Å²) in [5.74, 6) is 1.96. The summed E-state index contributed by atoms with van der Waals surface area (Å²) in [7, 11) is 0. The highest BCUT2D eigenvalue weighted by atomic mass is 16.5. The molecule has 5 aromatic rings. The lowest BCUT2D eigenvalue weighted by atomic mass is 10.1. The molecule has 0 bridgehead atoms. The number of hydrogen-bond acceptors (Lipinski definition) is 5. The number of benzene rings is 1. The van der Waals surface area contributed by atoms with Gasteiger partial charge in [-0.2, -0.15) is 10.1 Å². The van der Waals surface area contributed by atoms with E-state index in [2.05, 4.69) is 27.2 Å². The lowest BCUT2D eigenvalue weighted by molar-refractivity contribution is 0.231. The number of para-hydroxylation sites is 1. The van der Waals surface area contributed by atoms with Crippen molar-refractivity contribution in [2.24, 2.45) is 0 Å². The standard InChI is InChI=1S/C23H20N6O/c1-16(2)30-23-14-24-13-22(27-23)28-15-18(17-7-3-4-9-20(17)28)19-8-5-10-21(26-19)29-12-6-11-25-29/h3-16H,1-2H3. The van der Waals surface area contributed by atoms with Crippen LogP contribution in [-0.2, 0) is 0 Å². The molecule has 0 aliphatic heterocycles. The minimum atomic E-state index is 0.0285. The van der Waals surface area contributed by atoms with Gasteiger partial charge in [-0.3, -0.25) is 9.55 Å². The first kappa shape index (κ1) is 18.1. The molecule has 0 amide bonds. The van der Waals surface area contributed by atoms with Gasteiger partial charge in [-0.1, -0.05) is 24.3 Å². The van der Waals surface area contributed by atoms with Gasteiger partial charge in [-0.25, -0.2) is 9.67 Å². The average molecular weight is 396 g/mol. The molecule has 0 spiro atoms. The molecule has 0 radical (unpaired) electrons. The van der Waals surface area contributed by atoms with Crippen LogP contribution in [0.1, 0.15) is 13.8 Å². The molecule has 148 valence electrons. The number of pyridine rings is 1. The van der Waals surface area contributed by atoms with Crippen LogP contribution < -0.4 is 4.74 Å². The summed E-state index contributed by atoms with van der Waals surface area (Å²) in [4.78, 5) is 13.8. The zero-order valence-electron chi connectivity index (χ0n) is 16.7. The second kappa shape index (κ2) is 7.44. The summed E-state index contributed by atoms with van der Waals surface area (Å²) in [6, 6.07) is 16.0. The van der Waals surface area contributed by atoms with Crippen LogP contribution in [-0.4, -0.2) is 35.4 Å². The van der Waals surface area contributed by atoms with E-state index < -0.39 is 0 Å². The van der Waals surface area contributed by atoms with Gasteiger partial charge in [0.2, 0.25) is 5.88 Å². The minimum Gasteiger partial charge on any atom is -0.474 e. The summed E-state index contributed by atoms with van der Waals surface area (Å²) in [6.07, 6.45) is 9.06. The van der Waals surface area contributed by atoms with Gasteiger partial charge in [-0.05, 0) is 38.1 Å². The Hall–Kier alpha value is -4.00. The Balaban J connectivity index is 1.65. The van der Waals surface area contributed by atoms with Crippen LogP contribution in [0.25, 0.3) is 33.8 Å². The summed E-state index contributed by atoms with van der Waals surface area (Å²) in [5, 5.41) is 5.37. The SMILES string of the molecule is CC(C)Oc1cncc(-n2cc(-c3cccc(-n4cccn4)n3)c3ccccc32)n1. The molecule has 1 aromatic carbocycles. The molecule has 0 saturated carbocycles. The highest BCUT2D eigenvalue weighted by Crippen LogP contribution is 2.31. The lowest BCUT2D eigenvalue weighted by Gasteiger charge is -2.10. The summed E-state index contributed by atoms with van der Waals surface area (Å²) in [5.41, 5.74) is 2.90. The molecule has 4 aromatic heterocycles. The number of rotatable bonds is 5. The highest BCUT2D eigenvalue weighted by molar-refractivity contribution is 5.96. The van der Waals surface area contributed by atoms with Gasteiger partial charge in [0.1, 0.15) is 0 Å². The van der Waals surface area contributed by atoms with Crippen LogP contribution >= 0.6 is 0 Å². The number of nitrogens with zero attached hydrogens (tertiary/aromatic N) is 6. The van der Waals surface area contributed by atoms with Gasteiger partial charge in [-0.15, -0.1) is 0 Å². The van der Waals surface area contributed by atoms with Crippen LogP contribution in [0.5, 0.6) is 5.88 Å². The number of hydrogen-bond donors (Lipinski definition) is 0. The quantitative estimate of drug-likeness (QED) is 0.439. The topological polar surface area (TPSA) is 70.7 Å². The molecule has 0 saturated heterocycles. The van der Waals surface area contributed by atoms with Crippen LogP contribution in [0, 0.1) is 0 Å². The molecule has 4 heterocycles. The average Bonchev–Trinajstić information content (AvgIpc) is 3.42. The van der Waals surface area contributed by atoms with E-state index in [0.717, 1.165) is 28.0 Å². The maximum Gasteiger partial charge on any atom is 0.234 e. The number of ether oxygens (including phenoxy) is 1. The first-order chi connectivity index (χ1) is 14.7. The van der Waals surface area contributed by atoms with E-state index in [1.165, 1.54) is 0 Å². The molecular weight excluding hydrogens is 376 g/mol. The summed E-state index contributed by atoms with van der Waals surface area (Å²) >= 11 is 0. The Morgan fingerprint density at radius 2 is 1.80 bits per heavy atom. The molecule has 7 nitrogen and oxygen atoms in total. The van der Waals surface area contributed by atoms with Crippen LogP contribution in [0.15, 0.2) is 79.5 Å². The zero-order chi connectivity index (χ0) is 20.5. The van der Waals surface area contributed by atoms with Gasteiger partial charge < -0.3 is 4.74 Å². The van der Waals surface area contributed by atoms with Gasteiger partial charge in [0.15, 0.2) is 11.6 Å². The molecule has 0 N–H and O–H groups in total. The summed E-state index contributed by atoms with van der Waals surface area (Å²) in [6.45, 7) is 3.94. The zero-order valence-corrected chi connectivity index (χ0v) is 16.7. The van der Waals surface area contributed by atoms with Gasteiger partial charge in [0.25, 0.3) is 0 Å². The van der Waals surface area contributed by atoms with Crippen LogP contribution in [0.3, 0.4) is 0 Å². The monoisotopic (exact) mass is 396 g/mol. The smallest absolute Gasteiger partial charge is 0.234 e. The molecule has 0 atom stereocenters. The summed E-state index contributed by atoms with van der Waals surface area (Å²) < 4.78 is 9.50. The molecule has 0 fully saturated rings. The van der Waals surface area contributed by atoms with Crippen molar-refractivity contribution in [3.8, 4) is 28.8 Å². The maximum absolute atomic E-state index is 5.73. The van der Waals surface area contributed by atoms with E-state index in [1.807, 2.05) is 67.2 Å². The van der Waals surface area contributed by atoms with E-state index in [0.29, 0.717) is 11.7 Å². The van der Waals surface area contributed by atoms with Crippen molar-refractivity contribution in [2.45, 2.75) is 20.0 Å². The van der Waals surface area contributed by atoms with Crippen molar-refractivity contribution in [1.82, 2.24) is 29.3 Å². The highest BCUT2D eigenvalue weighted by Gasteiger charge is 2.14. The number of aromatic nitrogens is 6. The second-order valence-electron chi connectivity index (χ2n) is 7.14. The van der Waals surface area contributed by atoms with E-state index >= 15 is 0 Å². The predicted molar refractivity (Wildman–Crippen MR) is 115 cm³/mol. The first-order valence-corrected chi connectivity index (χ1v) is 9.75. The Bertz CT molecular complexity index is 1310. The Kier molecular flexibility index (Phi) is 4.48. The Morgan fingerprint density at radius 3 is 2.63 bits per heavy atom. The molecule has 0 unspecified atom stereocenters. The maximum atomic E-state index is 5.73. The minimum absolute atomic E-state index is 0.0285. The molecule has 0 aliphatic rings. The van der Waals surface area contributed by atoms with Crippen LogP contribution in [0.2, 0.25) is 0 Å². The fourth-order valence-corrected chi connectivity index (χ4v) is 3.43. The van der Waals surface area contributed by atoms with E-state index in [9.17, 15) is 0 Å². The fraction of sp³-hybridized carbons (Fsp3) is 0.130.